The van der Waals surface area contributed by atoms with Crippen LogP contribution in [0.2, 0.25) is 0 Å². The third kappa shape index (κ3) is 5.41. The summed E-state index contributed by atoms with van der Waals surface area (Å²) in [5.41, 5.74) is 1.93. The van der Waals surface area contributed by atoms with E-state index in [4.69, 9.17) is 9.47 Å². The van der Waals surface area contributed by atoms with Crippen molar-refractivity contribution in [3.8, 4) is 11.5 Å². The second-order valence-electron chi connectivity index (χ2n) is 7.29. The second kappa shape index (κ2) is 10.6. The average Bonchev–Trinajstić information content (AvgIpc) is 3.12. The fourth-order valence-corrected chi connectivity index (χ4v) is 4.27. The van der Waals surface area contributed by atoms with Gasteiger partial charge in [-0.2, -0.15) is 0 Å². The Morgan fingerprint density at radius 2 is 1.79 bits per heavy atom. The minimum atomic E-state index is -0.355. The molecule has 2 heterocycles. The van der Waals surface area contributed by atoms with Gasteiger partial charge in [-0.3, -0.25) is 14.6 Å². The fourth-order valence-electron chi connectivity index (χ4n) is 3.24. The summed E-state index contributed by atoms with van der Waals surface area (Å²) in [7, 11) is 3.18. The van der Waals surface area contributed by atoms with Crippen LogP contribution in [0.25, 0.3) is 12.2 Å². The Labute approximate surface area is 200 Å². The number of methoxy groups -OCH3 is 1. The molecule has 0 saturated heterocycles. The van der Waals surface area contributed by atoms with Crippen LogP contribution in [0.4, 0.5) is 5.69 Å². The van der Waals surface area contributed by atoms with Crippen molar-refractivity contribution in [3.63, 3.8) is 0 Å². The van der Waals surface area contributed by atoms with Crippen molar-refractivity contribution in [3.05, 3.63) is 104 Å². The number of rotatable bonds is 7. The molecule has 0 fully saturated rings. The Balaban J connectivity index is 1.61. The number of amides is 1. The normalized spacial score (nSPS) is 11.9. The summed E-state index contributed by atoms with van der Waals surface area (Å²) in [5, 5.41) is 2.79. The second-order valence-corrected chi connectivity index (χ2v) is 8.36. The molecule has 0 saturated carbocycles. The standard InChI is InChI=1S/C26H23N3O4S/c1-29-25(16-24(30)28-20-11-4-6-13-22(20)32-2)34-23(26(29)31)15-18-9-3-5-12-21(18)33-17-19-10-7-8-14-27-19/h3-16H,17H2,1-2H3,(H,28,30)/b23-15-,25-16+. The monoisotopic (exact) mass is 473 g/mol. The number of nitrogens with one attached hydrogen (secondary N) is 1. The Morgan fingerprint density at radius 1 is 1.06 bits per heavy atom. The molecule has 2 aromatic heterocycles. The fraction of sp³-hybridized carbons (Fsp3) is 0.115. The highest BCUT2D eigenvalue weighted by molar-refractivity contribution is 7.07. The van der Waals surface area contributed by atoms with Crippen LogP contribution in [0, 0.1) is 0 Å². The zero-order chi connectivity index (χ0) is 23.9. The molecule has 0 aliphatic carbocycles. The van der Waals surface area contributed by atoms with Gasteiger partial charge in [0.05, 0.1) is 23.0 Å². The zero-order valence-corrected chi connectivity index (χ0v) is 19.5. The lowest BCUT2D eigenvalue weighted by molar-refractivity contribution is -0.110. The van der Waals surface area contributed by atoms with Crippen molar-refractivity contribution in [2.24, 2.45) is 7.05 Å². The average molecular weight is 474 g/mol. The van der Waals surface area contributed by atoms with Gasteiger partial charge < -0.3 is 19.4 Å². The van der Waals surface area contributed by atoms with Crippen molar-refractivity contribution in [2.75, 3.05) is 12.4 Å². The number of para-hydroxylation sites is 3. The lowest BCUT2D eigenvalue weighted by Gasteiger charge is -2.08. The summed E-state index contributed by atoms with van der Waals surface area (Å²) < 4.78 is 13.7. The largest absolute Gasteiger partial charge is 0.495 e. The first-order chi connectivity index (χ1) is 16.5. The van der Waals surface area contributed by atoms with Crippen molar-refractivity contribution < 1.29 is 14.3 Å². The highest BCUT2D eigenvalue weighted by atomic mass is 32.1. The minimum Gasteiger partial charge on any atom is -0.495 e. The van der Waals surface area contributed by atoms with E-state index in [1.165, 1.54) is 29.1 Å². The molecule has 7 nitrogen and oxygen atoms in total. The van der Waals surface area contributed by atoms with Gasteiger partial charge in [0.25, 0.3) is 11.5 Å². The van der Waals surface area contributed by atoms with Gasteiger partial charge in [0.1, 0.15) is 22.8 Å². The van der Waals surface area contributed by atoms with Crippen molar-refractivity contribution in [2.45, 2.75) is 6.61 Å². The van der Waals surface area contributed by atoms with Crippen molar-refractivity contribution in [1.82, 2.24) is 9.55 Å². The van der Waals surface area contributed by atoms with Gasteiger partial charge in [0, 0.05) is 24.9 Å². The Kier molecular flexibility index (Phi) is 7.19. The molecule has 4 aromatic rings. The van der Waals surface area contributed by atoms with Crippen molar-refractivity contribution in [1.29, 1.82) is 0 Å². The van der Waals surface area contributed by atoms with Crippen LogP contribution in [-0.2, 0) is 18.4 Å². The molecule has 4 rings (SSSR count). The molecule has 0 aliphatic rings. The number of hydrogen-bond donors (Lipinski definition) is 1. The van der Waals surface area contributed by atoms with Crippen LogP contribution < -0.4 is 29.5 Å². The molecule has 0 spiro atoms. The van der Waals surface area contributed by atoms with Crippen LogP contribution in [0.15, 0.2) is 77.7 Å². The number of pyridine rings is 1. The number of carbonyl (C=O) groups is 1. The smallest absolute Gasteiger partial charge is 0.268 e. The van der Waals surface area contributed by atoms with Crippen LogP contribution >= 0.6 is 11.3 Å². The molecule has 34 heavy (non-hydrogen) atoms. The van der Waals surface area contributed by atoms with Gasteiger partial charge in [-0.25, -0.2) is 0 Å². The first-order valence-electron chi connectivity index (χ1n) is 10.5. The number of nitrogens with zero attached hydrogens (tertiary/aromatic N) is 2. The SMILES string of the molecule is COc1ccccc1NC(=O)/C=c1/s/c(=C\c2ccccc2OCc2ccccn2)c(=O)n1C. The van der Waals surface area contributed by atoms with E-state index in [9.17, 15) is 9.59 Å². The van der Waals surface area contributed by atoms with Crippen LogP contribution in [0.3, 0.4) is 0 Å². The summed E-state index contributed by atoms with van der Waals surface area (Å²) >= 11 is 1.23. The van der Waals surface area contributed by atoms with E-state index in [0.29, 0.717) is 33.0 Å². The quantitative estimate of drug-likeness (QED) is 0.446. The third-order valence-corrected chi connectivity index (χ3v) is 6.10. The lowest BCUT2D eigenvalue weighted by Crippen LogP contribution is -2.29. The van der Waals surface area contributed by atoms with E-state index in [-0.39, 0.29) is 11.5 Å². The van der Waals surface area contributed by atoms with Crippen LogP contribution in [0.5, 0.6) is 11.5 Å². The molecule has 172 valence electrons. The molecular formula is C26H23N3O4S. The molecule has 0 aliphatic heterocycles. The Bertz CT molecular complexity index is 1480. The van der Waals surface area contributed by atoms with Gasteiger partial charge in [0.15, 0.2) is 0 Å². The maximum Gasteiger partial charge on any atom is 0.268 e. The van der Waals surface area contributed by atoms with Crippen LogP contribution in [-0.4, -0.2) is 22.6 Å². The number of anilines is 1. The number of carbonyl (C=O) groups excluding carboxylic acids is 1. The van der Waals surface area contributed by atoms with Gasteiger partial charge in [-0.15, -0.1) is 11.3 Å². The zero-order valence-electron chi connectivity index (χ0n) is 18.7. The third-order valence-electron chi connectivity index (χ3n) is 4.99. The van der Waals surface area contributed by atoms with Gasteiger partial charge >= 0.3 is 0 Å². The van der Waals surface area contributed by atoms with Gasteiger partial charge in [-0.1, -0.05) is 36.4 Å². The number of thiazole rings is 1. The van der Waals surface area contributed by atoms with E-state index >= 15 is 0 Å². The minimum absolute atomic E-state index is 0.194. The van der Waals surface area contributed by atoms with E-state index in [1.807, 2.05) is 48.5 Å². The summed E-state index contributed by atoms with van der Waals surface area (Å²) in [4.78, 5) is 29.7. The number of ether oxygens (including phenoxy) is 2. The Morgan fingerprint density at radius 3 is 2.56 bits per heavy atom. The lowest BCUT2D eigenvalue weighted by atomic mass is 10.2. The maximum absolute atomic E-state index is 12.8. The summed E-state index contributed by atoms with van der Waals surface area (Å²) in [6.45, 7) is 0.316. The molecule has 0 radical (unpaired) electrons. The van der Waals surface area contributed by atoms with Crippen LogP contribution in [0.1, 0.15) is 11.3 Å². The Hall–Kier alpha value is -4.17. The van der Waals surface area contributed by atoms with E-state index < -0.39 is 0 Å². The molecular weight excluding hydrogens is 450 g/mol. The summed E-state index contributed by atoms with van der Waals surface area (Å²) in [5.74, 6) is 0.843. The van der Waals surface area contributed by atoms with E-state index in [0.717, 1.165) is 11.3 Å². The molecule has 0 unspecified atom stereocenters. The number of hydrogen-bond acceptors (Lipinski definition) is 6. The summed E-state index contributed by atoms with van der Waals surface area (Å²) in [6.07, 6.45) is 4.89. The maximum atomic E-state index is 12.8. The first kappa shape index (κ1) is 23.0. The predicted molar refractivity (Wildman–Crippen MR) is 133 cm³/mol. The van der Waals surface area contributed by atoms with Gasteiger partial charge in [0.2, 0.25) is 0 Å². The highest BCUT2D eigenvalue weighted by Gasteiger charge is 2.08. The van der Waals surface area contributed by atoms with Gasteiger partial charge in [-0.05, 0) is 36.4 Å². The molecule has 2 aromatic carbocycles. The molecule has 1 amide bonds. The molecule has 1 N–H and O–H groups in total. The predicted octanol–water partition coefficient (Wildman–Crippen LogP) is 2.68. The number of aromatic nitrogens is 2. The summed E-state index contributed by atoms with van der Waals surface area (Å²) in [6, 6.07) is 20.3. The molecule has 0 bridgehead atoms. The topological polar surface area (TPSA) is 82.5 Å². The van der Waals surface area contributed by atoms with Crippen molar-refractivity contribution >= 4 is 35.1 Å². The van der Waals surface area contributed by atoms with E-state index in [2.05, 4.69) is 10.3 Å². The number of benzene rings is 2. The highest BCUT2D eigenvalue weighted by Crippen LogP contribution is 2.23. The molecule has 8 heteroatoms. The van der Waals surface area contributed by atoms with E-state index in [1.54, 1.807) is 37.5 Å². The molecule has 0 atom stereocenters. The first-order valence-corrected chi connectivity index (χ1v) is 11.3.